The molecule has 0 aliphatic carbocycles. The van der Waals surface area contributed by atoms with Gasteiger partial charge in [0, 0.05) is 17.9 Å². The van der Waals surface area contributed by atoms with E-state index in [4.69, 9.17) is 0 Å². The Morgan fingerprint density at radius 3 is 2.86 bits per heavy atom. The first-order chi connectivity index (χ1) is 10.1. The molecule has 1 amide bonds. The van der Waals surface area contributed by atoms with Gasteiger partial charge in [-0.1, -0.05) is 0 Å². The maximum atomic E-state index is 13.6. The summed E-state index contributed by atoms with van der Waals surface area (Å²) in [6.45, 7) is 0.938. The van der Waals surface area contributed by atoms with Gasteiger partial charge in [0.15, 0.2) is 0 Å². The predicted octanol–water partition coefficient (Wildman–Crippen LogP) is 3.58. The lowest BCUT2D eigenvalue weighted by Gasteiger charge is -2.18. The summed E-state index contributed by atoms with van der Waals surface area (Å²) < 4.78 is 26.7. The molecule has 1 heterocycles. The fraction of sp³-hybridized carbons (Fsp3) is 0.188. The minimum atomic E-state index is -0.742. The Kier molecular flexibility index (Phi) is 3.56. The zero-order valence-electron chi connectivity index (χ0n) is 11.2. The standard InChI is InChI=1S/C16H14F2N2O/c17-11-3-5-14(18)13(9-11)16(21)20-12-4-6-15-10(8-12)2-1-7-19-15/h3-6,8-9,19H,1-2,7H2,(H,20,21). The largest absolute Gasteiger partial charge is 0.385 e. The monoisotopic (exact) mass is 288 g/mol. The molecule has 5 heteroatoms. The average Bonchev–Trinajstić information content (AvgIpc) is 2.49. The normalized spacial score (nSPS) is 13.2. The van der Waals surface area contributed by atoms with E-state index in [2.05, 4.69) is 10.6 Å². The van der Waals surface area contributed by atoms with E-state index in [-0.39, 0.29) is 5.56 Å². The molecule has 3 rings (SSSR count). The van der Waals surface area contributed by atoms with Crippen LogP contribution in [0.5, 0.6) is 0 Å². The minimum Gasteiger partial charge on any atom is -0.385 e. The van der Waals surface area contributed by atoms with Crippen molar-refractivity contribution >= 4 is 17.3 Å². The molecule has 0 saturated heterocycles. The number of carbonyl (C=O) groups is 1. The lowest BCUT2D eigenvalue weighted by Crippen LogP contribution is -2.16. The lowest BCUT2D eigenvalue weighted by atomic mass is 10.0. The van der Waals surface area contributed by atoms with Crippen molar-refractivity contribution in [3.63, 3.8) is 0 Å². The van der Waals surface area contributed by atoms with Crippen molar-refractivity contribution in [3.8, 4) is 0 Å². The van der Waals surface area contributed by atoms with Gasteiger partial charge in [0.25, 0.3) is 5.91 Å². The van der Waals surface area contributed by atoms with Crippen LogP contribution in [0.2, 0.25) is 0 Å². The molecular weight excluding hydrogens is 274 g/mol. The fourth-order valence-corrected chi connectivity index (χ4v) is 2.42. The van der Waals surface area contributed by atoms with E-state index in [0.29, 0.717) is 5.69 Å². The summed E-state index contributed by atoms with van der Waals surface area (Å²) in [5.74, 6) is -2.04. The van der Waals surface area contributed by atoms with Crippen LogP contribution < -0.4 is 10.6 Å². The quantitative estimate of drug-likeness (QED) is 0.887. The number of carbonyl (C=O) groups excluding carboxylic acids is 1. The molecule has 0 aromatic heterocycles. The number of anilines is 2. The van der Waals surface area contributed by atoms with Gasteiger partial charge >= 0.3 is 0 Å². The number of aryl methyl sites for hydroxylation is 1. The number of nitrogens with one attached hydrogen (secondary N) is 2. The molecule has 21 heavy (non-hydrogen) atoms. The van der Waals surface area contributed by atoms with Crippen LogP contribution in [-0.4, -0.2) is 12.5 Å². The van der Waals surface area contributed by atoms with E-state index in [1.54, 1.807) is 6.07 Å². The van der Waals surface area contributed by atoms with E-state index >= 15 is 0 Å². The molecule has 0 atom stereocenters. The Balaban J connectivity index is 1.83. The van der Waals surface area contributed by atoms with Crippen LogP contribution in [0, 0.1) is 11.6 Å². The van der Waals surface area contributed by atoms with Crippen LogP contribution in [0.15, 0.2) is 36.4 Å². The number of benzene rings is 2. The van der Waals surface area contributed by atoms with Crippen LogP contribution >= 0.6 is 0 Å². The summed E-state index contributed by atoms with van der Waals surface area (Å²) in [7, 11) is 0. The molecule has 2 aromatic rings. The maximum absolute atomic E-state index is 13.6. The Morgan fingerprint density at radius 2 is 2.00 bits per heavy atom. The highest BCUT2D eigenvalue weighted by Gasteiger charge is 2.14. The highest BCUT2D eigenvalue weighted by Crippen LogP contribution is 2.25. The van der Waals surface area contributed by atoms with Crippen LogP contribution in [-0.2, 0) is 6.42 Å². The second kappa shape index (κ2) is 5.52. The minimum absolute atomic E-state index is 0.300. The number of hydrogen-bond donors (Lipinski definition) is 2. The van der Waals surface area contributed by atoms with Crippen molar-refractivity contribution in [3.05, 3.63) is 59.2 Å². The zero-order valence-corrected chi connectivity index (χ0v) is 11.2. The summed E-state index contributed by atoms with van der Waals surface area (Å²) in [5, 5.41) is 5.87. The maximum Gasteiger partial charge on any atom is 0.258 e. The van der Waals surface area contributed by atoms with Crippen LogP contribution in [0.4, 0.5) is 20.2 Å². The third kappa shape index (κ3) is 2.86. The summed E-state index contributed by atoms with van der Waals surface area (Å²) in [4.78, 5) is 12.0. The molecule has 1 aliphatic rings. The van der Waals surface area contributed by atoms with Crippen LogP contribution in [0.3, 0.4) is 0 Å². The summed E-state index contributed by atoms with van der Waals surface area (Å²) >= 11 is 0. The van der Waals surface area contributed by atoms with Gasteiger partial charge in [-0.25, -0.2) is 8.78 Å². The van der Waals surface area contributed by atoms with Gasteiger partial charge in [-0.3, -0.25) is 4.79 Å². The highest BCUT2D eigenvalue weighted by molar-refractivity contribution is 6.04. The fourth-order valence-electron chi connectivity index (χ4n) is 2.42. The Morgan fingerprint density at radius 1 is 1.14 bits per heavy atom. The first-order valence-corrected chi connectivity index (χ1v) is 6.77. The zero-order chi connectivity index (χ0) is 14.8. The van der Waals surface area contributed by atoms with Gasteiger partial charge in [-0.05, 0) is 54.8 Å². The average molecular weight is 288 g/mol. The van der Waals surface area contributed by atoms with E-state index in [1.165, 1.54) is 0 Å². The number of rotatable bonds is 2. The first kappa shape index (κ1) is 13.5. The van der Waals surface area contributed by atoms with Gasteiger partial charge in [-0.15, -0.1) is 0 Å². The molecular formula is C16H14F2N2O. The lowest BCUT2D eigenvalue weighted by molar-refractivity contribution is 0.102. The molecule has 1 aliphatic heterocycles. The number of halogens is 2. The van der Waals surface area contributed by atoms with E-state index in [0.717, 1.165) is 48.8 Å². The highest BCUT2D eigenvalue weighted by atomic mass is 19.1. The smallest absolute Gasteiger partial charge is 0.258 e. The molecule has 0 fully saturated rings. The molecule has 2 N–H and O–H groups in total. The SMILES string of the molecule is O=C(Nc1ccc2c(c1)CCCN2)c1cc(F)ccc1F. The Bertz CT molecular complexity index is 701. The first-order valence-electron chi connectivity index (χ1n) is 6.77. The van der Waals surface area contributed by atoms with E-state index in [9.17, 15) is 13.6 Å². The van der Waals surface area contributed by atoms with Crippen LogP contribution in [0.1, 0.15) is 22.3 Å². The summed E-state index contributed by atoms with van der Waals surface area (Å²) in [6.07, 6.45) is 1.96. The van der Waals surface area contributed by atoms with Crippen molar-refractivity contribution in [2.24, 2.45) is 0 Å². The molecule has 0 radical (unpaired) electrons. The molecule has 0 unspecified atom stereocenters. The molecule has 2 aromatic carbocycles. The van der Waals surface area contributed by atoms with Gasteiger partial charge in [0.2, 0.25) is 0 Å². The van der Waals surface area contributed by atoms with Gasteiger partial charge in [0.1, 0.15) is 11.6 Å². The summed E-state index contributed by atoms with van der Waals surface area (Å²) in [5.41, 5.74) is 2.44. The van der Waals surface area contributed by atoms with Gasteiger partial charge < -0.3 is 10.6 Å². The second-order valence-electron chi connectivity index (χ2n) is 4.98. The van der Waals surface area contributed by atoms with Crippen LogP contribution in [0.25, 0.3) is 0 Å². The molecule has 0 saturated carbocycles. The van der Waals surface area contributed by atoms with Crippen molar-refractivity contribution in [1.29, 1.82) is 0 Å². The molecule has 0 bridgehead atoms. The Labute approximate surface area is 121 Å². The van der Waals surface area contributed by atoms with Gasteiger partial charge in [-0.2, -0.15) is 0 Å². The van der Waals surface area contributed by atoms with Crippen molar-refractivity contribution in [1.82, 2.24) is 0 Å². The van der Waals surface area contributed by atoms with E-state index in [1.807, 2.05) is 12.1 Å². The molecule has 0 spiro atoms. The predicted molar refractivity (Wildman–Crippen MR) is 77.6 cm³/mol. The topological polar surface area (TPSA) is 41.1 Å². The third-order valence-electron chi connectivity index (χ3n) is 3.47. The molecule has 108 valence electrons. The van der Waals surface area contributed by atoms with Crippen molar-refractivity contribution in [2.45, 2.75) is 12.8 Å². The third-order valence-corrected chi connectivity index (χ3v) is 3.47. The second-order valence-corrected chi connectivity index (χ2v) is 4.98. The van der Waals surface area contributed by atoms with Crippen molar-refractivity contribution in [2.75, 3.05) is 17.2 Å². The number of fused-ring (bicyclic) bond motifs is 1. The summed E-state index contributed by atoms with van der Waals surface area (Å²) in [6, 6.07) is 8.30. The van der Waals surface area contributed by atoms with E-state index < -0.39 is 17.5 Å². The van der Waals surface area contributed by atoms with Crippen molar-refractivity contribution < 1.29 is 13.6 Å². The Hall–Kier alpha value is -2.43. The molecule has 3 nitrogen and oxygen atoms in total. The number of hydrogen-bond acceptors (Lipinski definition) is 2. The number of amides is 1. The van der Waals surface area contributed by atoms with Gasteiger partial charge in [0.05, 0.1) is 5.56 Å².